The van der Waals surface area contributed by atoms with Crippen molar-refractivity contribution in [2.45, 2.75) is 5.92 Å². The Hall–Kier alpha value is -1.77. The zero-order chi connectivity index (χ0) is 15.6. The van der Waals surface area contributed by atoms with Gasteiger partial charge in [-0.3, -0.25) is 4.79 Å². The minimum atomic E-state index is -1.51. The number of nitriles is 1. The molecule has 0 spiro atoms. The molecule has 0 radical (unpaired) electrons. The van der Waals surface area contributed by atoms with Crippen LogP contribution < -0.4 is 0 Å². The minimum Gasteiger partial charge on any atom is -0.292 e. The highest BCUT2D eigenvalue weighted by Crippen LogP contribution is 2.31. The van der Waals surface area contributed by atoms with Gasteiger partial charge in [0, 0.05) is 15.1 Å². The standard InChI is InChI=1S/C15H7BrClF2NO/c16-8-4-5-12(18)9(6-8)15(21)10(7-20)14-11(17)2-1-3-13(14)19/h1-6,10H. The summed E-state index contributed by atoms with van der Waals surface area (Å²) in [5.41, 5.74) is -0.540. The van der Waals surface area contributed by atoms with Gasteiger partial charge in [-0.05, 0) is 30.3 Å². The van der Waals surface area contributed by atoms with Crippen molar-refractivity contribution in [3.05, 3.63) is 68.7 Å². The number of rotatable bonds is 3. The van der Waals surface area contributed by atoms with Gasteiger partial charge in [-0.1, -0.05) is 33.6 Å². The molecule has 0 bridgehead atoms. The fraction of sp³-hybridized carbons (Fsp3) is 0.0667. The van der Waals surface area contributed by atoms with Crippen LogP contribution in [0.3, 0.4) is 0 Å². The van der Waals surface area contributed by atoms with Crippen molar-refractivity contribution in [2.24, 2.45) is 0 Å². The first kappa shape index (κ1) is 15.6. The SMILES string of the molecule is N#CC(C(=O)c1cc(Br)ccc1F)c1c(F)cccc1Cl. The lowest BCUT2D eigenvalue weighted by molar-refractivity contribution is 0.0973. The van der Waals surface area contributed by atoms with Gasteiger partial charge in [0.25, 0.3) is 0 Å². The summed E-state index contributed by atoms with van der Waals surface area (Å²) < 4.78 is 28.1. The molecule has 0 aliphatic rings. The fourth-order valence-electron chi connectivity index (χ4n) is 1.88. The molecule has 106 valence electrons. The van der Waals surface area contributed by atoms with Gasteiger partial charge in [0.1, 0.15) is 17.6 Å². The van der Waals surface area contributed by atoms with E-state index >= 15 is 0 Å². The first-order valence-electron chi connectivity index (χ1n) is 5.78. The third kappa shape index (κ3) is 3.12. The number of carbonyl (C=O) groups is 1. The molecule has 0 saturated heterocycles. The normalized spacial score (nSPS) is 11.8. The molecular weight excluding hydrogens is 364 g/mol. The first-order valence-corrected chi connectivity index (χ1v) is 6.95. The highest BCUT2D eigenvalue weighted by atomic mass is 79.9. The molecular formula is C15H7BrClF2NO. The van der Waals surface area contributed by atoms with E-state index in [0.717, 1.165) is 12.1 Å². The van der Waals surface area contributed by atoms with Crippen LogP contribution in [0, 0.1) is 23.0 Å². The lowest BCUT2D eigenvalue weighted by atomic mass is 9.91. The maximum Gasteiger partial charge on any atom is 0.187 e. The number of hydrogen-bond acceptors (Lipinski definition) is 2. The van der Waals surface area contributed by atoms with Crippen LogP contribution >= 0.6 is 27.5 Å². The van der Waals surface area contributed by atoms with Crippen LogP contribution in [0.5, 0.6) is 0 Å². The van der Waals surface area contributed by atoms with Crippen LogP contribution in [0.4, 0.5) is 8.78 Å². The summed E-state index contributed by atoms with van der Waals surface area (Å²) in [6.07, 6.45) is 0. The van der Waals surface area contributed by atoms with Crippen molar-refractivity contribution >= 4 is 33.3 Å². The second-order valence-electron chi connectivity index (χ2n) is 4.19. The topological polar surface area (TPSA) is 40.9 Å². The average molecular weight is 371 g/mol. The Morgan fingerprint density at radius 2 is 1.95 bits per heavy atom. The molecule has 2 aromatic carbocycles. The van der Waals surface area contributed by atoms with Gasteiger partial charge in [0.2, 0.25) is 0 Å². The van der Waals surface area contributed by atoms with Gasteiger partial charge >= 0.3 is 0 Å². The third-order valence-electron chi connectivity index (χ3n) is 2.87. The van der Waals surface area contributed by atoms with Crippen molar-refractivity contribution in [3.63, 3.8) is 0 Å². The quantitative estimate of drug-likeness (QED) is 0.723. The third-order valence-corrected chi connectivity index (χ3v) is 3.70. The predicted octanol–water partition coefficient (Wildman–Crippen LogP) is 4.87. The fourth-order valence-corrected chi connectivity index (χ4v) is 2.52. The molecule has 0 N–H and O–H groups in total. The summed E-state index contributed by atoms with van der Waals surface area (Å²) in [6, 6.07) is 9.27. The number of nitrogens with zero attached hydrogens (tertiary/aromatic N) is 1. The minimum absolute atomic E-state index is 0.0506. The van der Waals surface area contributed by atoms with Gasteiger partial charge in [0.05, 0.1) is 11.6 Å². The molecule has 0 aliphatic heterocycles. The van der Waals surface area contributed by atoms with Crippen LogP contribution in [0.15, 0.2) is 40.9 Å². The Bertz CT molecular complexity index is 738. The molecule has 2 aromatic rings. The van der Waals surface area contributed by atoms with E-state index in [-0.39, 0.29) is 16.1 Å². The summed E-state index contributed by atoms with van der Waals surface area (Å²) in [4.78, 5) is 12.3. The van der Waals surface area contributed by atoms with E-state index in [1.54, 1.807) is 6.07 Å². The van der Waals surface area contributed by atoms with E-state index in [0.29, 0.717) is 4.47 Å². The molecule has 2 nitrogen and oxygen atoms in total. The molecule has 21 heavy (non-hydrogen) atoms. The summed E-state index contributed by atoms with van der Waals surface area (Å²) in [5, 5.41) is 9.14. The Balaban J connectivity index is 2.55. The van der Waals surface area contributed by atoms with Gasteiger partial charge in [-0.2, -0.15) is 5.26 Å². The van der Waals surface area contributed by atoms with Crippen molar-refractivity contribution in [2.75, 3.05) is 0 Å². The van der Waals surface area contributed by atoms with Crippen molar-refractivity contribution in [1.82, 2.24) is 0 Å². The number of ketones is 1. The van der Waals surface area contributed by atoms with E-state index < -0.39 is 23.3 Å². The Morgan fingerprint density at radius 1 is 1.24 bits per heavy atom. The van der Waals surface area contributed by atoms with E-state index in [9.17, 15) is 18.8 Å². The van der Waals surface area contributed by atoms with Gasteiger partial charge in [0.15, 0.2) is 5.78 Å². The van der Waals surface area contributed by atoms with E-state index in [4.69, 9.17) is 11.6 Å². The van der Waals surface area contributed by atoms with Crippen molar-refractivity contribution < 1.29 is 13.6 Å². The Kier molecular flexibility index (Phi) is 4.71. The maximum atomic E-state index is 13.9. The van der Waals surface area contributed by atoms with Crippen LogP contribution in [-0.2, 0) is 0 Å². The Morgan fingerprint density at radius 3 is 2.57 bits per heavy atom. The maximum absolute atomic E-state index is 13.9. The largest absolute Gasteiger partial charge is 0.292 e. The second-order valence-corrected chi connectivity index (χ2v) is 5.51. The van der Waals surface area contributed by atoms with Crippen LogP contribution in [0.25, 0.3) is 0 Å². The van der Waals surface area contributed by atoms with Crippen LogP contribution in [0.1, 0.15) is 21.8 Å². The van der Waals surface area contributed by atoms with Crippen molar-refractivity contribution in [3.8, 4) is 6.07 Å². The lowest BCUT2D eigenvalue weighted by Crippen LogP contribution is -2.15. The van der Waals surface area contributed by atoms with Gasteiger partial charge in [-0.15, -0.1) is 0 Å². The zero-order valence-corrected chi connectivity index (χ0v) is 12.8. The molecule has 2 rings (SSSR count). The number of hydrogen-bond donors (Lipinski definition) is 0. The second kappa shape index (κ2) is 6.33. The van der Waals surface area contributed by atoms with Crippen molar-refractivity contribution in [1.29, 1.82) is 5.26 Å². The smallest absolute Gasteiger partial charge is 0.187 e. The molecule has 0 heterocycles. The summed E-state index contributed by atoms with van der Waals surface area (Å²) in [6.45, 7) is 0. The summed E-state index contributed by atoms with van der Waals surface area (Å²) in [7, 11) is 0. The van der Waals surface area contributed by atoms with E-state index in [1.807, 2.05) is 0 Å². The van der Waals surface area contributed by atoms with Gasteiger partial charge in [-0.25, -0.2) is 8.78 Å². The molecule has 0 aliphatic carbocycles. The number of halogens is 4. The predicted molar refractivity (Wildman–Crippen MR) is 78.2 cm³/mol. The molecule has 0 aromatic heterocycles. The molecule has 1 unspecified atom stereocenters. The highest BCUT2D eigenvalue weighted by Gasteiger charge is 2.28. The summed E-state index contributed by atoms with van der Waals surface area (Å²) >= 11 is 8.98. The number of carbonyl (C=O) groups excluding carboxylic acids is 1. The van der Waals surface area contributed by atoms with Crippen LogP contribution in [-0.4, -0.2) is 5.78 Å². The summed E-state index contributed by atoms with van der Waals surface area (Å²) in [5.74, 6) is -3.92. The Labute approximate surface area is 133 Å². The number of Topliss-reactive ketones (excluding diaryl/α,β-unsaturated/α-hetero) is 1. The average Bonchev–Trinajstić information content (AvgIpc) is 2.45. The monoisotopic (exact) mass is 369 g/mol. The molecule has 0 fully saturated rings. The molecule has 1 atom stereocenters. The van der Waals surface area contributed by atoms with Gasteiger partial charge < -0.3 is 0 Å². The van der Waals surface area contributed by atoms with Crippen LogP contribution in [0.2, 0.25) is 5.02 Å². The molecule has 0 amide bonds. The number of benzene rings is 2. The van der Waals surface area contributed by atoms with E-state index in [1.165, 1.54) is 24.3 Å². The van der Waals surface area contributed by atoms with E-state index in [2.05, 4.69) is 15.9 Å². The first-order chi connectivity index (χ1) is 9.95. The lowest BCUT2D eigenvalue weighted by Gasteiger charge is -2.12. The molecule has 0 saturated carbocycles. The molecule has 6 heteroatoms. The highest BCUT2D eigenvalue weighted by molar-refractivity contribution is 9.10. The zero-order valence-electron chi connectivity index (χ0n) is 10.4.